The standard InChI is InChI=1S/C16H26FN3/c1-3-20-10-8-13(9-11-20)19(2)16(12-18)14-6-4-5-7-15(14)17/h4-7,13,16H,3,8-12,18H2,1-2H3. The minimum absolute atomic E-state index is 0.0330. The van der Waals surface area contributed by atoms with Gasteiger partial charge in [-0.25, -0.2) is 4.39 Å². The summed E-state index contributed by atoms with van der Waals surface area (Å²) in [6.45, 7) is 6.02. The van der Waals surface area contributed by atoms with E-state index in [9.17, 15) is 4.39 Å². The molecule has 0 radical (unpaired) electrons. The summed E-state index contributed by atoms with van der Waals surface area (Å²) in [5.41, 5.74) is 6.63. The van der Waals surface area contributed by atoms with Crippen LogP contribution >= 0.6 is 0 Å². The minimum atomic E-state index is -0.152. The van der Waals surface area contributed by atoms with Crippen molar-refractivity contribution in [1.29, 1.82) is 0 Å². The maximum absolute atomic E-state index is 14.0. The Labute approximate surface area is 121 Å². The maximum atomic E-state index is 14.0. The summed E-state index contributed by atoms with van der Waals surface area (Å²) in [6, 6.07) is 7.44. The van der Waals surface area contributed by atoms with E-state index in [0.29, 0.717) is 12.6 Å². The van der Waals surface area contributed by atoms with Crippen LogP contribution in [0.4, 0.5) is 4.39 Å². The molecule has 0 amide bonds. The van der Waals surface area contributed by atoms with Crippen LogP contribution in [0.5, 0.6) is 0 Å². The van der Waals surface area contributed by atoms with Crippen molar-refractivity contribution in [3.05, 3.63) is 35.6 Å². The fraction of sp³-hybridized carbons (Fsp3) is 0.625. The molecule has 4 heteroatoms. The zero-order chi connectivity index (χ0) is 14.5. The van der Waals surface area contributed by atoms with Crippen LogP contribution in [0.25, 0.3) is 0 Å². The summed E-state index contributed by atoms with van der Waals surface area (Å²) in [4.78, 5) is 4.73. The number of nitrogens with zero attached hydrogens (tertiary/aromatic N) is 2. The molecule has 0 bridgehead atoms. The topological polar surface area (TPSA) is 32.5 Å². The van der Waals surface area contributed by atoms with E-state index in [1.54, 1.807) is 6.07 Å². The first kappa shape index (κ1) is 15.4. The van der Waals surface area contributed by atoms with Crippen LogP contribution in [-0.4, -0.2) is 49.1 Å². The van der Waals surface area contributed by atoms with Gasteiger partial charge in [-0.15, -0.1) is 0 Å². The van der Waals surface area contributed by atoms with Gasteiger partial charge in [-0.3, -0.25) is 4.90 Å². The molecule has 0 saturated carbocycles. The highest BCUT2D eigenvalue weighted by Gasteiger charge is 2.27. The van der Waals surface area contributed by atoms with Crippen LogP contribution < -0.4 is 5.73 Å². The number of nitrogens with two attached hydrogens (primary N) is 1. The Balaban J connectivity index is 2.06. The fourth-order valence-corrected chi connectivity index (χ4v) is 3.16. The molecule has 1 fully saturated rings. The van der Waals surface area contributed by atoms with Gasteiger partial charge in [-0.05, 0) is 45.6 Å². The lowest BCUT2D eigenvalue weighted by molar-refractivity contribution is 0.0994. The summed E-state index contributed by atoms with van der Waals surface area (Å²) in [5.74, 6) is -0.152. The Bertz CT molecular complexity index is 416. The largest absolute Gasteiger partial charge is 0.329 e. The van der Waals surface area contributed by atoms with Crippen molar-refractivity contribution in [3.8, 4) is 0 Å². The molecule has 0 aromatic heterocycles. The van der Waals surface area contributed by atoms with E-state index in [4.69, 9.17) is 5.73 Å². The second-order valence-corrected chi connectivity index (χ2v) is 5.60. The van der Waals surface area contributed by atoms with E-state index in [1.165, 1.54) is 6.07 Å². The number of halogens is 1. The molecule has 1 aliphatic heterocycles. The molecule has 1 unspecified atom stereocenters. The molecule has 20 heavy (non-hydrogen) atoms. The van der Waals surface area contributed by atoms with Crippen LogP contribution in [0.15, 0.2) is 24.3 Å². The molecule has 2 rings (SSSR count). The van der Waals surface area contributed by atoms with Crippen molar-refractivity contribution in [2.75, 3.05) is 33.2 Å². The van der Waals surface area contributed by atoms with Crippen molar-refractivity contribution in [1.82, 2.24) is 9.80 Å². The maximum Gasteiger partial charge on any atom is 0.128 e. The first-order chi connectivity index (χ1) is 9.67. The third-order valence-electron chi connectivity index (χ3n) is 4.56. The molecule has 1 aliphatic rings. The molecule has 2 N–H and O–H groups in total. The lowest BCUT2D eigenvalue weighted by Crippen LogP contribution is -2.46. The fourth-order valence-electron chi connectivity index (χ4n) is 3.16. The van der Waals surface area contributed by atoms with Gasteiger partial charge in [0.05, 0.1) is 0 Å². The van der Waals surface area contributed by atoms with Crippen molar-refractivity contribution in [2.24, 2.45) is 5.73 Å². The van der Waals surface area contributed by atoms with Gasteiger partial charge in [0.25, 0.3) is 0 Å². The van der Waals surface area contributed by atoms with Gasteiger partial charge in [-0.2, -0.15) is 0 Å². The monoisotopic (exact) mass is 279 g/mol. The lowest BCUT2D eigenvalue weighted by atomic mass is 9.98. The van der Waals surface area contributed by atoms with Gasteiger partial charge >= 0.3 is 0 Å². The highest BCUT2D eigenvalue weighted by Crippen LogP contribution is 2.26. The van der Waals surface area contributed by atoms with E-state index in [2.05, 4.69) is 23.8 Å². The van der Waals surface area contributed by atoms with Crippen molar-refractivity contribution >= 4 is 0 Å². The molecule has 1 aromatic carbocycles. The molecular formula is C16H26FN3. The molecule has 0 aliphatic carbocycles. The van der Waals surface area contributed by atoms with Gasteiger partial charge in [-0.1, -0.05) is 25.1 Å². The average Bonchev–Trinajstić information content (AvgIpc) is 2.50. The second kappa shape index (κ2) is 7.16. The Kier molecular flexibility index (Phi) is 5.52. The summed E-state index contributed by atoms with van der Waals surface area (Å²) in [5, 5.41) is 0. The number of likely N-dealkylation sites (N-methyl/N-ethyl adjacent to an activating group) is 1. The van der Waals surface area contributed by atoms with E-state index in [0.717, 1.165) is 38.0 Å². The minimum Gasteiger partial charge on any atom is -0.329 e. The first-order valence-corrected chi connectivity index (χ1v) is 7.56. The highest BCUT2D eigenvalue weighted by molar-refractivity contribution is 5.21. The van der Waals surface area contributed by atoms with Crippen LogP contribution in [0.1, 0.15) is 31.4 Å². The van der Waals surface area contributed by atoms with E-state index in [-0.39, 0.29) is 11.9 Å². The normalized spacial score (nSPS) is 19.4. The highest BCUT2D eigenvalue weighted by atomic mass is 19.1. The van der Waals surface area contributed by atoms with Gasteiger partial charge < -0.3 is 10.6 Å². The van der Waals surface area contributed by atoms with Gasteiger partial charge in [0.15, 0.2) is 0 Å². The Morgan fingerprint density at radius 1 is 1.35 bits per heavy atom. The summed E-state index contributed by atoms with van der Waals surface area (Å²) < 4.78 is 14.0. The Morgan fingerprint density at radius 3 is 2.55 bits per heavy atom. The average molecular weight is 279 g/mol. The molecular weight excluding hydrogens is 253 g/mol. The molecule has 3 nitrogen and oxygen atoms in total. The van der Waals surface area contributed by atoms with Gasteiger partial charge in [0, 0.05) is 24.2 Å². The predicted octanol–water partition coefficient (Wildman–Crippen LogP) is 2.24. The van der Waals surface area contributed by atoms with Crippen LogP contribution in [0.3, 0.4) is 0 Å². The summed E-state index contributed by atoms with van der Waals surface area (Å²) >= 11 is 0. The number of benzene rings is 1. The second-order valence-electron chi connectivity index (χ2n) is 5.60. The Hall–Kier alpha value is -0.970. The number of likely N-dealkylation sites (tertiary alicyclic amines) is 1. The quantitative estimate of drug-likeness (QED) is 0.897. The molecule has 1 atom stereocenters. The SMILES string of the molecule is CCN1CCC(N(C)C(CN)c2ccccc2F)CC1. The molecule has 1 heterocycles. The van der Waals surface area contributed by atoms with E-state index < -0.39 is 0 Å². The third kappa shape index (κ3) is 3.37. The number of rotatable bonds is 5. The summed E-state index contributed by atoms with van der Waals surface area (Å²) in [6.07, 6.45) is 2.27. The molecule has 1 aromatic rings. The molecule has 1 saturated heterocycles. The van der Waals surface area contributed by atoms with Crippen molar-refractivity contribution < 1.29 is 4.39 Å². The lowest BCUT2D eigenvalue weighted by Gasteiger charge is -2.40. The van der Waals surface area contributed by atoms with Crippen LogP contribution in [-0.2, 0) is 0 Å². The number of hydrogen-bond donors (Lipinski definition) is 1. The number of hydrogen-bond acceptors (Lipinski definition) is 3. The van der Waals surface area contributed by atoms with Crippen LogP contribution in [0.2, 0.25) is 0 Å². The van der Waals surface area contributed by atoms with Gasteiger partial charge in [0.2, 0.25) is 0 Å². The van der Waals surface area contributed by atoms with Crippen LogP contribution in [0, 0.1) is 5.82 Å². The zero-order valence-corrected chi connectivity index (χ0v) is 12.6. The van der Waals surface area contributed by atoms with Gasteiger partial charge in [0.1, 0.15) is 5.82 Å². The predicted molar refractivity (Wildman–Crippen MR) is 81.1 cm³/mol. The summed E-state index contributed by atoms with van der Waals surface area (Å²) in [7, 11) is 2.08. The smallest absolute Gasteiger partial charge is 0.128 e. The van der Waals surface area contributed by atoms with Crippen molar-refractivity contribution in [3.63, 3.8) is 0 Å². The Morgan fingerprint density at radius 2 is 2.00 bits per heavy atom. The number of piperidine rings is 1. The van der Waals surface area contributed by atoms with E-state index in [1.807, 2.05) is 12.1 Å². The first-order valence-electron chi connectivity index (χ1n) is 7.56. The van der Waals surface area contributed by atoms with E-state index >= 15 is 0 Å². The zero-order valence-electron chi connectivity index (χ0n) is 12.6. The molecule has 112 valence electrons. The third-order valence-corrected chi connectivity index (χ3v) is 4.56. The molecule has 0 spiro atoms. The van der Waals surface area contributed by atoms with Crippen molar-refractivity contribution in [2.45, 2.75) is 31.8 Å².